The maximum atomic E-state index is 11.0. The van der Waals surface area contributed by atoms with E-state index in [1.165, 1.54) is 19.3 Å². The molecule has 0 amide bonds. The Bertz CT molecular complexity index is 415. The van der Waals surface area contributed by atoms with Crippen molar-refractivity contribution in [1.29, 1.82) is 0 Å². The van der Waals surface area contributed by atoms with E-state index in [1.807, 2.05) is 19.1 Å². The summed E-state index contributed by atoms with van der Waals surface area (Å²) < 4.78 is 15.9. The predicted molar refractivity (Wildman–Crippen MR) is 81.0 cm³/mol. The fourth-order valence-electron chi connectivity index (χ4n) is 2.33. The third kappa shape index (κ3) is 5.53. The SMILES string of the molecule is C/C=C\C[C@@H](O)[C@H]1OC(C)(C)O[C@@H]1[C@H](O)C/C=C\C(=O)OC. The van der Waals surface area contributed by atoms with Crippen molar-refractivity contribution in [2.45, 2.75) is 63.8 Å². The molecule has 0 radical (unpaired) electrons. The van der Waals surface area contributed by atoms with Crippen LogP contribution in [0.3, 0.4) is 0 Å². The minimum absolute atomic E-state index is 0.200. The van der Waals surface area contributed by atoms with Crippen LogP contribution in [0.4, 0.5) is 0 Å². The minimum atomic E-state index is -0.895. The van der Waals surface area contributed by atoms with E-state index in [-0.39, 0.29) is 6.42 Å². The lowest BCUT2D eigenvalue weighted by atomic mass is 9.99. The number of rotatable bonds is 7. The number of hydrogen-bond acceptors (Lipinski definition) is 6. The second-order valence-electron chi connectivity index (χ2n) is 5.67. The highest BCUT2D eigenvalue weighted by atomic mass is 16.8. The number of aliphatic hydroxyl groups is 2. The summed E-state index contributed by atoms with van der Waals surface area (Å²) in [4.78, 5) is 11.0. The summed E-state index contributed by atoms with van der Waals surface area (Å²) in [6, 6.07) is 0. The number of carbonyl (C=O) groups excluding carboxylic acids is 1. The molecule has 0 spiro atoms. The van der Waals surface area contributed by atoms with E-state index < -0.39 is 36.2 Å². The lowest BCUT2D eigenvalue weighted by Crippen LogP contribution is -2.42. The summed E-state index contributed by atoms with van der Waals surface area (Å²) in [5.74, 6) is -1.36. The van der Waals surface area contributed by atoms with Crippen LogP contribution in [0.1, 0.15) is 33.6 Å². The van der Waals surface area contributed by atoms with Crippen LogP contribution in [-0.2, 0) is 19.0 Å². The number of esters is 1. The average Bonchev–Trinajstić information content (AvgIpc) is 2.80. The molecule has 4 atom stereocenters. The first-order chi connectivity index (χ1) is 10.3. The van der Waals surface area contributed by atoms with Crippen molar-refractivity contribution < 1.29 is 29.2 Å². The van der Waals surface area contributed by atoms with Crippen LogP contribution < -0.4 is 0 Å². The van der Waals surface area contributed by atoms with E-state index in [2.05, 4.69) is 4.74 Å². The van der Waals surface area contributed by atoms with Gasteiger partial charge in [0.1, 0.15) is 12.2 Å². The van der Waals surface area contributed by atoms with Crippen molar-refractivity contribution in [3.05, 3.63) is 24.3 Å². The Kier molecular flexibility index (Phi) is 7.22. The molecular weight excluding hydrogens is 288 g/mol. The molecule has 0 bridgehead atoms. The Morgan fingerprint density at radius 2 is 1.68 bits per heavy atom. The molecule has 6 heteroatoms. The average molecular weight is 314 g/mol. The molecular formula is C16H26O6. The standard InChI is InChI=1S/C16H26O6/c1-5-6-8-11(17)14-15(22-16(2,3)21-14)12(18)9-7-10-13(19)20-4/h5-7,10-12,14-15,17-18H,8-9H2,1-4H3/b6-5-,10-7-/t11-,12-,14-,15-/m1/s1. The van der Waals surface area contributed by atoms with Crippen LogP contribution in [0.2, 0.25) is 0 Å². The summed E-state index contributed by atoms with van der Waals surface area (Å²) in [5, 5.41) is 20.5. The zero-order valence-corrected chi connectivity index (χ0v) is 13.6. The van der Waals surface area contributed by atoms with Gasteiger partial charge < -0.3 is 24.4 Å². The molecule has 0 aromatic rings. The molecule has 126 valence electrons. The summed E-state index contributed by atoms with van der Waals surface area (Å²) in [5.41, 5.74) is 0. The molecule has 22 heavy (non-hydrogen) atoms. The molecule has 1 aliphatic heterocycles. The number of hydrogen-bond donors (Lipinski definition) is 2. The van der Waals surface area contributed by atoms with Gasteiger partial charge in [0, 0.05) is 6.08 Å². The van der Waals surface area contributed by atoms with Crippen LogP contribution in [0.25, 0.3) is 0 Å². The van der Waals surface area contributed by atoms with E-state index >= 15 is 0 Å². The van der Waals surface area contributed by atoms with E-state index in [9.17, 15) is 15.0 Å². The number of ether oxygens (including phenoxy) is 3. The number of allylic oxidation sites excluding steroid dienone is 1. The first-order valence-electron chi connectivity index (χ1n) is 7.38. The zero-order chi connectivity index (χ0) is 16.8. The highest BCUT2D eigenvalue weighted by Crippen LogP contribution is 2.33. The topological polar surface area (TPSA) is 85.2 Å². The van der Waals surface area contributed by atoms with Crippen molar-refractivity contribution in [2.75, 3.05) is 7.11 Å². The molecule has 6 nitrogen and oxygen atoms in total. The van der Waals surface area contributed by atoms with Crippen molar-refractivity contribution in [3.8, 4) is 0 Å². The van der Waals surface area contributed by atoms with Gasteiger partial charge in [-0.2, -0.15) is 0 Å². The molecule has 0 unspecified atom stereocenters. The summed E-state index contributed by atoms with van der Waals surface area (Å²) in [7, 11) is 1.28. The Morgan fingerprint density at radius 1 is 1.18 bits per heavy atom. The summed E-state index contributed by atoms with van der Waals surface area (Å²) in [6.45, 7) is 5.34. The van der Waals surface area contributed by atoms with E-state index in [1.54, 1.807) is 13.8 Å². The van der Waals surface area contributed by atoms with Crippen LogP contribution in [0.15, 0.2) is 24.3 Å². The van der Waals surface area contributed by atoms with Gasteiger partial charge in [-0.1, -0.05) is 18.2 Å². The molecule has 0 saturated carbocycles. The van der Waals surface area contributed by atoms with Gasteiger partial charge in [-0.15, -0.1) is 0 Å². The van der Waals surface area contributed by atoms with Crippen molar-refractivity contribution in [3.63, 3.8) is 0 Å². The smallest absolute Gasteiger partial charge is 0.330 e. The lowest BCUT2D eigenvalue weighted by molar-refractivity contribution is -0.160. The predicted octanol–water partition coefficient (Wildman–Crippen LogP) is 1.31. The van der Waals surface area contributed by atoms with Crippen molar-refractivity contribution in [2.24, 2.45) is 0 Å². The second-order valence-corrected chi connectivity index (χ2v) is 5.67. The first-order valence-corrected chi connectivity index (χ1v) is 7.38. The van der Waals surface area contributed by atoms with Gasteiger partial charge in [-0.3, -0.25) is 0 Å². The highest BCUT2D eigenvalue weighted by molar-refractivity contribution is 5.81. The van der Waals surface area contributed by atoms with Crippen LogP contribution in [0.5, 0.6) is 0 Å². The van der Waals surface area contributed by atoms with E-state index in [0.29, 0.717) is 6.42 Å². The van der Waals surface area contributed by atoms with Gasteiger partial charge in [-0.05, 0) is 33.6 Å². The third-order valence-electron chi connectivity index (χ3n) is 3.37. The monoisotopic (exact) mass is 314 g/mol. The molecule has 1 rings (SSSR count). The Hall–Kier alpha value is -1.21. The highest BCUT2D eigenvalue weighted by Gasteiger charge is 2.47. The van der Waals surface area contributed by atoms with Crippen LogP contribution in [0, 0.1) is 0 Å². The molecule has 2 N–H and O–H groups in total. The van der Waals surface area contributed by atoms with Gasteiger partial charge in [-0.25, -0.2) is 4.79 Å². The molecule has 0 aromatic heterocycles. The second kappa shape index (κ2) is 8.43. The van der Waals surface area contributed by atoms with Gasteiger partial charge in [0.15, 0.2) is 5.79 Å². The molecule has 1 aliphatic rings. The molecule has 1 heterocycles. The number of carbonyl (C=O) groups is 1. The quantitative estimate of drug-likeness (QED) is 0.419. The first kappa shape index (κ1) is 18.8. The molecule has 1 fully saturated rings. The minimum Gasteiger partial charge on any atom is -0.466 e. The van der Waals surface area contributed by atoms with E-state index in [0.717, 1.165) is 0 Å². The normalized spacial score (nSPS) is 27.4. The maximum absolute atomic E-state index is 11.0. The van der Waals surface area contributed by atoms with Gasteiger partial charge in [0.25, 0.3) is 0 Å². The van der Waals surface area contributed by atoms with Crippen LogP contribution in [-0.4, -0.2) is 53.5 Å². The Labute approximate surface area is 131 Å². The Morgan fingerprint density at radius 3 is 2.14 bits per heavy atom. The third-order valence-corrected chi connectivity index (χ3v) is 3.37. The summed E-state index contributed by atoms with van der Waals surface area (Å²) >= 11 is 0. The maximum Gasteiger partial charge on any atom is 0.330 e. The molecule has 1 saturated heterocycles. The zero-order valence-electron chi connectivity index (χ0n) is 13.6. The Balaban J connectivity index is 2.70. The van der Waals surface area contributed by atoms with Gasteiger partial charge in [0.05, 0.1) is 19.3 Å². The number of methoxy groups -OCH3 is 1. The van der Waals surface area contributed by atoms with Gasteiger partial charge in [0.2, 0.25) is 0 Å². The van der Waals surface area contributed by atoms with Gasteiger partial charge >= 0.3 is 5.97 Å². The number of aliphatic hydroxyl groups excluding tert-OH is 2. The molecule has 0 aromatic carbocycles. The fourth-order valence-corrected chi connectivity index (χ4v) is 2.33. The summed E-state index contributed by atoms with van der Waals surface area (Å²) in [6.07, 6.45) is 4.08. The fraction of sp³-hybridized carbons (Fsp3) is 0.688. The van der Waals surface area contributed by atoms with E-state index in [4.69, 9.17) is 9.47 Å². The van der Waals surface area contributed by atoms with Crippen LogP contribution >= 0.6 is 0 Å². The molecule has 0 aliphatic carbocycles. The van der Waals surface area contributed by atoms with Crippen molar-refractivity contribution >= 4 is 5.97 Å². The largest absolute Gasteiger partial charge is 0.466 e. The lowest BCUT2D eigenvalue weighted by Gasteiger charge is -2.24. The van der Waals surface area contributed by atoms with Crippen molar-refractivity contribution in [1.82, 2.24) is 0 Å².